The Labute approximate surface area is 130 Å². The molecule has 0 heterocycles. The van der Waals surface area contributed by atoms with Crippen molar-refractivity contribution in [1.29, 1.82) is 0 Å². The van der Waals surface area contributed by atoms with Gasteiger partial charge in [0.15, 0.2) is 0 Å². The Hall–Kier alpha value is 0.130. The molecule has 0 saturated heterocycles. The largest absolute Gasteiger partial charge is 0.553 e. The fourth-order valence-electron chi connectivity index (χ4n) is 1.95. The summed E-state index contributed by atoms with van der Waals surface area (Å²) in [5.41, 5.74) is 0. The second-order valence-corrected chi connectivity index (χ2v) is 9.89. The van der Waals surface area contributed by atoms with Crippen LogP contribution in [0.3, 0.4) is 0 Å². The summed E-state index contributed by atoms with van der Waals surface area (Å²) in [6.45, 7) is 9.59. The van der Waals surface area contributed by atoms with E-state index in [-0.39, 0.29) is 9.90 Å². The molecule has 0 radical (unpaired) electrons. The highest BCUT2D eigenvalue weighted by Crippen LogP contribution is 2.57. The van der Waals surface area contributed by atoms with Crippen molar-refractivity contribution in [3.05, 3.63) is 0 Å². The highest BCUT2D eigenvalue weighted by atomic mass is 31.2. The maximum absolute atomic E-state index is 9.03. The summed E-state index contributed by atoms with van der Waals surface area (Å²) in [4.78, 5) is 9.03. The van der Waals surface area contributed by atoms with Crippen LogP contribution in [0.4, 0.5) is 4.79 Å². The zero-order valence-electron chi connectivity index (χ0n) is 14.2. The molecule has 0 spiro atoms. The number of hydrogen-bond donors (Lipinski definition) is 0. The lowest BCUT2D eigenvalue weighted by atomic mass is 10.4. The second-order valence-electron chi connectivity index (χ2n) is 5.31. The van der Waals surface area contributed by atoms with Gasteiger partial charge in [-0.15, -0.1) is 0 Å². The lowest BCUT2D eigenvalue weighted by Crippen LogP contribution is -2.21. The number of ether oxygens (including phenoxy) is 1. The molecular weight excluding hydrogens is 290 g/mol. The molecule has 124 valence electrons. The fourth-order valence-corrected chi connectivity index (χ4v) is 5.86. The number of hydrogen-bond acceptors (Lipinski definition) is 3. The van der Waals surface area contributed by atoms with E-state index in [0.717, 1.165) is 7.11 Å². The van der Waals surface area contributed by atoms with Crippen LogP contribution in [-0.4, -0.2) is 38.4 Å². The van der Waals surface area contributed by atoms with Gasteiger partial charge >= 0.3 is 0 Å². The van der Waals surface area contributed by atoms with Crippen LogP contribution in [0, 0.1) is 0 Å². The van der Waals surface area contributed by atoms with Crippen LogP contribution < -0.4 is 5.11 Å². The van der Waals surface area contributed by atoms with Crippen molar-refractivity contribution in [2.75, 3.05) is 32.3 Å². The first-order valence-electron chi connectivity index (χ1n) is 7.54. The van der Waals surface area contributed by atoms with Crippen LogP contribution >= 0.6 is 17.2 Å². The van der Waals surface area contributed by atoms with Gasteiger partial charge in [0.25, 0.3) is 6.16 Å². The van der Waals surface area contributed by atoms with E-state index in [0.29, 0.717) is 0 Å². The molecule has 3 nitrogen and oxygen atoms in total. The van der Waals surface area contributed by atoms with E-state index in [1.54, 1.807) is 18.5 Å². The highest BCUT2D eigenvalue weighted by molar-refractivity contribution is 7.75. The molecule has 20 heavy (non-hydrogen) atoms. The van der Waals surface area contributed by atoms with Gasteiger partial charge in [0, 0.05) is 21.0 Å². The molecule has 0 aromatic heterocycles. The molecule has 0 aliphatic rings. The van der Waals surface area contributed by atoms with E-state index in [4.69, 9.17) is 9.90 Å². The van der Waals surface area contributed by atoms with Crippen molar-refractivity contribution < 1.29 is 14.6 Å². The summed E-state index contributed by atoms with van der Waals surface area (Å²) >= 11 is 0. The molecule has 0 aliphatic carbocycles. The molecule has 0 N–H and O–H groups in total. The molecule has 0 saturated carbocycles. The SMILES string of the molecule is CCCC[P+](C)(CCCC)CCCC.COC(=O)[O-].P. The Kier molecular flexibility index (Phi) is 21.6. The van der Waals surface area contributed by atoms with E-state index in [1.807, 2.05) is 0 Å². The average Bonchev–Trinajstić information content (AvgIpc) is 2.41. The molecule has 0 amide bonds. The Morgan fingerprint density at radius 1 is 0.950 bits per heavy atom. The monoisotopic (exact) mass is 326 g/mol. The van der Waals surface area contributed by atoms with Crippen molar-refractivity contribution in [3.8, 4) is 0 Å². The molecule has 0 aliphatic heterocycles. The zero-order valence-corrected chi connectivity index (χ0v) is 16.6. The Morgan fingerprint density at radius 2 is 1.20 bits per heavy atom. The number of carboxylic acid groups (broad SMARTS) is 1. The average molecular weight is 326 g/mol. The minimum atomic E-state index is -1.50. The van der Waals surface area contributed by atoms with Crippen LogP contribution in [-0.2, 0) is 4.74 Å². The third kappa shape index (κ3) is 18.1. The number of carbonyl (C=O) groups is 1. The molecule has 0 rings (SSSR count). The van der Waals surface area contributed by atoms with Crippen LogP contribution in [0.15, 0.2) is 0 Å². The number of carbonyl (C=O) groups excluding carboxylic acids is 1. The summed E-state index contributed by atoms with van der Waals surface area (Å²) in [7, 11) is 0.518. The van der Waals surface area contributed by atoms with E-state index < -0.39 is 13.4 Å². The minimum Gasteiger partial charge on any atom is -0.553 e. The van der Waals surface area contributed by atoms with E-state index in [1.165, 1.54) is 38.5 Å². The summed E-state index contributed by atoms with van der Waals surface area (Å²) < 4.78 is 3.56. The molecule has 1 unspecified atom stereocenters. The summed E-state index contributed by atoms with van der Waals surface area (Å²) in [5.74, 6) is 0. The molecular formula is C15H36O3P2. The zero-order chi connectivity index (χ0) is 15.1. The highest BCUT2D eigenvalue weighted by Gasteiger charge is 2.28. The Bertz CT molecular complexity index is 190. The second kappa shape index (κ2) is 17.2. The number of unbranched alkanes of at least 4 members (excludes halogenated alkanes) is 3. The summed E-state index contributed by atoms with van der Waals surface area (Å²) in [6, 6.07) is 0. The first kappa shape index (κ1) is 25.1. The molecule has 5 heteroatoms. The van der Waals surface area contributed by atoms with E-state index in [9.17, 15) is 0 Å². The van der Waals surface area contributed by atoms with Gasteiger partial charge in [0.2, 0.25) is 0 Å². The first-order chi connectivity index (χ1) is 8.95. The van der Waals surface area contributed by atoms with Gasteiger partial charge in [-0.1, -0.05) is 40.0 Å². The molecule has 0 aromatic rings. The van der Waals surface area contributed by atoms with Crippen molar-refractivity contribution >= 4 is 23.3 Å². The lowest BCUT2D eigenvalue weighted by molar-refractivity contribution is -0.279. The lowest BCUT2D eigenvalue weighted by Gasteiger charge is -2.22. The van der Waals surface area contributed by atoms with E-state index in [2.05, 4.69) is 32.2 Å². The third-order valence-electron chi connectivity index (χ3n) is 3.32. The molecule has 1 atom stereocenters. The molecule has 0 fully saturated rings. The van der Waals surface area contributed by atoms with Crippen molar-refractivity contribution in [1.82, 2.24) is 0 Å². The van der Waals surface area contributed by atoms with Crippen LogP contribution in [0.5, 0.6) is 0 Å². The van der Waals surface area contributed by atoms with Crippen molar-refractivity contribution in [2.45, 2.75) is 59.3 Å². The maximum atomic E-state index is 9.03. The van der Waals surface area contributed by atoms with Crippen molar-refractivity contribution in [2.24, 2.45) is 0 Å². The topological polar surface area (TPSA) is 49.4 Å². The third-order valence-corrected chi connectivity index (χ3v) is 7.51. The minimum absolute atomic E-state index is 0. The van der Waals surface area contributed by atoms with Crippen LogP contribution in [0.2, 0.25) is 0 Å². The van der Waals surface area contributed by atoms with Gasteiger partial charge in [-0.2, -0.15) is 9.90 Å². The molecule has 0 aromatic carbocycles. The van der Waals surface area contributed by atoms with Gasteiger partial charge in [-0.25, -0.2) is 0 Å². The predicted molar refractivity (Wildman–Crippen MR) is 95.7 cm³/mol. The normalized spacial score (nSPS) is 10.1. The fraction of sp³-hybridized carbons (Fsp3) is 0.933. The van der Waals surface area contributed by atoms with E-state index >= 15 is 0 Å². The first-order valence-corrected chi connectivity index (χ1v) is 10.3. The standard InChI is InChI=1S/C13H30P.C2H4O3.H3P/c1-5-8-11-14(4,12-9-6-2)13-10-7-3;1-5-2(3)4;/h5-13H2,1-4H3;1H3,(H,3,4);1H3/q+1;;/p-1. The van der Waals surface area contributed by atoms with Crippen LogP contribution in [0.25, 0.3) is 0 Å². The van der Waals surface area contributed by atoms with Gasteiger partial charge in [0.05, 0.1) is 18.5 Å². The molecule has 0 bridgehead atoms. The number of methoxy groups -OCH3 is 1. The Balaban J connectivity index is -0.000000414. The van der Waals surface area contributed by atoms with Gasteiger partial charge in [-0.3, -0.25) is 0 Å². The smallest absolute Gasteiger partial charge is 0.251 e. The number of rotatable bonds is 9. The summed E-state index contributed by atoms with van der Waals surface area (Å²) in [6.07, 6.45) is 11.7. The summed E-state index contributed by atoms with van der Waals surface area (Å²) in [5, 5.41) is 9.03. The van der Waals surface area contributed by atoms with Gasteiger partial charge < -0.3 is 14.6 Å². The maximum Gasteiger partial charge on any atom is 0.251 e. The quantitative estimate of drug-likeness (QED) is 0.474. The predicted octanol–water partition coefficient (Wildman–Crippen LogP) is 4.07. The Morgan fingerprint density at radius 3 is 1.35 bits per heavy atom. The van der Waals surface area contributed by atoms with Gasteiger partial charge in [-0.05, 0) is 19.3 Å². The van der Waals surface area contributed by atoms with Crippen LogP contribution in [0.1, 0.15) is 59.3 Å². The van der Waals surface area contributed by atoms with Crippen molar-refractivity contribution in [3.63, 3.8) is 0 Å². The van der Waals surface area contributed by atoms with Gasteiger partial charge in [0.1, 0.15) is 0 Å².